The molecule has 2 aromatic heterocycles. The number of aliphatic hydroxyl groups is 1. The lowest BCUT2D eigenvalue weighted by molar-refractivity contribution is -0.138. The third-order valence-corrected chi connectivity index (χ3v) is 9.37. The number of carbonyl (C=O) groups is 2. The van der Waals surface area contributed by atoms with Crippen LogP contribution >= 0.6 is 0 Å². The van der Waals surface area contributed by atoms with Crippen molar-refractivity contribution in [1.29, 1.82) is 0 Å². The Morgan fingerprint density at radius 2 is 1.19 bits per heavy atom. The van der Waals surface area contributed by atoms with Crippen molar-refractivity contribution < 1.29 is 24.9 Å². The molecule has 6 rings (SSSR count). The highest BCUT2D eigenvalue weighted by Gasteiger charge is 2.39. The highest BCUT2D eigenvalue weighted by atomic mass is 16.4. The Labute approximate surface area is 278 Å². The highest BCUT2D eigenvalue weighted by Crippen LogP contribution is 2.42. The lowest BCUT2D eigenvalue weighted by atomic mass is 9.64. The molecule has 5 N–H and O–H groups in total. The summed E-state index contributed by atoms with van der Waals surface area (Å²) in [7, 11) is 0. The Kier molecular flexibility index (Phi) is 12.8. The topological polar surface area (TPSA) is 126 Å². The fourth-order valence-electron chi connectivity index (χ4n) is 6.67. The molecule has 3 unspecified atom stereocenters. The Hall–Kier alpha value is -4.36. The summed E-state index contributed by atoms with van der Waals surface area (Å²) in [4.78, 5) is 27.3. The second kappa shape index (κ2) is 17.0. The molecule has 1 saturated carbocycles. The van der Waals surface area contributed by atoms with E-state index >= 15 is 0 Å². The number of aryl methyl sites for hydroxylation is 2. The average molecular weight is 639 g/mol. The van der Waals surface area contributed by atoms with Crippen LogP contribution in [-0.4, -0.2) is 43.3 Å². The number of hydrogen-bond donors (Lipinski definition) is 5. The van der Waals surface area contributed by atoms with Gasteiger partial charge in [-0.05, 0) is 96.4 Å². The fraction of sp³-hybridized carbons (Fsp3) is 0.400. The summed E-state index contributed by atoms with van der Waals surface area (Å²) in [5.41, 5.74) is 5.86. The summed E-state index contributed by atoms with van der Waals surface area (Å²) in [6.07, 6.45) is 6.62. The van der Waals surface area contributed by atoms with Crippen molar-refractivity contribution in [3.05, 3.63) is 108 Å². The van der Waals surface area contributed by atoms with Crippen molar-refractivity contribution >= 4 is 33.7 Å². The van der Waals surface area contributed by atoms with Gasteiger partial charge in [0.25, 0.3) is 0 Å². The van der Waals surface area contributed by atoms with E-state index < -0.39 is 11.9 Å². The molecule has 5 aromatic rings. The number of H-pyrrole nitrogens is 2. The molecule has 7 heteroatoms. The van der Waals surface area contributed by atoms with Crippen molar-refractivity contribution in [2.45, 2.75) is 90.1 Å². The van der Waals surface area contributed by atoms with Crippen LogP contribution in [0.1, 0.15) is 82.7 Å². The van der Waals surface area contributed by atoms with Gasteiger partial charge < -0.3 is 25.3 Å². The summed E-state index contributed by atoms with van der Waals surface area (Å²) < 4.78 is 0. The minimum absolute atomic E-state index is 0.0703. The van der Waals surface area contributed by atoms with Crippen LogP contribution in [0.2, 0.25) is 0 Å². The number of nitrogens with one attached hydrogen (secondary N) is 2. The highest BCUT2D eigenvalue weighted by molar-refractivity contribution is 5.81. The second-order valence-electron chi connectivity index (χ2n) is 13.4. The molecule has 3 aromatic carbocycles. The van der Waals surface area contributed by atoms with Gasteiger partial charge in [-0.3, -0.25) is 9.59 Å². The Morgan fingerprint density at radius 3 is 1.64 bits per heavy atom. The van der Waals surface area contributed by atoms with Crippen molar-refractivity contribution in [2.75, 3.05) is 0 Å². The number of para-hydroxylation sites is 2. The Balaban J connectivity index is 0.000000160. The zero-order chi connectivity index (χ0) is 33.8. The monoisotopic (exact) mass is 638 g/mol. The van der Waals surface area contributed by atoms with Gasteiger partial charge in [-0.15, -0.1) is 0 Å². The lowest BCUT2D eigenvalue weighted by Gasteiger charge is -2.42. The molecule has 0 spiro atoms. The molecule has 1 aliphatic carbocycles. The minimum atomic E-state index is -0.730. The first-order valence-corrected chi connectivity index (χ1v) is 16.8. The van der Waals surface area contributed by atoms with E-state index in [4.69, 9.17) is 10.2 Å². The summed E-state index contributed by atoms with van der Waals surface area (Å²) in [5.74, 6) is -0.397. The molecule has 47 heavy (non-hydrogen) atoms. The first-order chi connectivity index (χ1) is 22.5. The van der Waals surface area contributed by atoms with Crippen molar-refractivity contribution in [3.8, 4) is 0 Å². The molecular formula is C40H50N2O5. The zero-order valence-electron chi connectivity index (χ0n) is 27.9. The number of carboxylic acid groups (broad SMARTS) is 2. The van der Waals surface area contributed by atoms with Crippen LogP contribution in [0, 0.1) is 11.8 Å². The van der Waals surface area contributed by atoms with Gasteiger partial charge in [-0.25, -0.2) is 0 Å². The number of carboxylic acids is 2. The van der Waals surface area contributed by atoms with Crippen molar-refractivity contribution in [2.24, 2.45) is 11.8 Å². The molecule has 0 aliphatic heterocycles. The fourth-order valence-corrected chi connectivity index (χ4v) is 6.67. The number of benzene rings is 3. The van der Waals surface area contributed by atoms with E-state index in [2.05, 4.69) is 73.2 Å². The first-order valence-electron chi connectivity index (χ1n) is 16.8. The van der Waals surface area contributed by atoms with Crippen LogP contribution in [-0.2, 0) is 27.8 Å². The van der Waals surface area contributed by atoms with Crippen LogP contribution in [0.15, 0.2) is 91.0 Å². The van der Waals surface area contributed by atoms with E-state index in [1.165, 1.54) is 22.8 Å². The molecule has 0 radical (unpaired) electrons. The van der Waals surface area contributed by atoms with Crippen LogP contribution in [0.5, 0.6) is 0 Å². The van der Waals surface area contributed by atoms with Gasteiger partial charge in [0, 0.05) is 35.3 Å². The smallest absolute Gasteiger partial charge is 0.303 e. The largest absolute Gasteiger partial charge is 0.481 e. The predicted molar refractivity (Wildman–Crippen MR) is 190 cm³/mol. The maximum atomic E-state index is 10.4. The molecule has 2 heterocycles. The quantitative estimate of drug-likeness (QED) is 0.104. The minimum Gasteiger partial charge on any atom is -0.481 e. The van der Waals surface area contributed by atoms with Crippen LogP contribution < -0.4 is 0 Å². The number of aliphatic carboxylic acids is 2. The van der Waals surface area contributed by atoms with Gasteiger partial charge in [-0.1, -0.05) is 93.9 Å². The number of aromatic amines is 2. The molecule has 1 aliphatic rings. The van der Waals surface area contributed by atoms with E-state index in [0.29, 0.717) is 24.7 Å². The van der Waals surface area contributed by atoms with E-state index in [-0.39, 0.29) is 24.4 Å². The van der Waals surface area contributed by atoms with Crippen LogP contribution in [0.3, 0.4) is 0 Å². The summed E-state index contributed by atoms with van der Waals surface area (Å²) in [6.45, 7) is 6.79. The second-order valence-corrected chi connectivity index (χ2v) is 13.4. The zero-order valence-corrected chi connectivity index (χ0v) is 27.9. The van der Waals surface area contributed by atoms with Gasteiger partial charge in [-0.2, -0.15) is 0 Å². The summed E-state index contributed by atoms with van der Waals surface area (Å²) in [5, 5.41) is 29.7. The third kappa shape index (κ3) is 10.6. The van der Waals surface area contributed by atoms with Gasteiger partial charge in [0.15, 0.2) is 0 Å². The van der Waals surface area contributed by atoms with Crippen molar-refractivity contribution in [3.63, 3.8) is 0 Å². The number of rotatable bonds is 10. The maximum absolute atomic E-state index is 10.4. The van der Waals surface area contributed by atoms with E-state index in [1.807, 2.05) is 48.5 Å². The van der Waals surface area contributed by atoms with E-state index in [1.54, 1.807) is 0 Å². The average Bonchev–Trinajstić information content (AvgIpc) is 3.65. The molecule has 1 fully saturated rings. The SMILES string of the molecule is CC1CCC(C(C)(C)c2ccccc2)C(O)C1.O=C(O)CCCc1cc2ccccc2[nH]1.O=C(O)CCCc1cc2ccccc2[nH]1. The molecule has 7 nitrogen and oxygen atoms in total. The van der Waals surface area contributed by atoms with E-state index in [0.717, 1.165) is 48.1 Å². The maximum Gasteiger partial charge on any atom is 0.303 e. The van der Waals surface area contributed by atoms with Gasteiger partial charge in [0.2, 0.25) is 0 Å². The standard InChI is InChI=1S/C16H24O.2C12H13NO2/c1-12-9-10-14(15(17)11-12)16(2,3)13-7-5-4-6-8-13;2*14-12(15)7-3-5-10-8-9-4-1-2-6-11(9)13-10/h4-8,12,14-15,17H,9-11H2,1-3H3;2*1-2,4,6,8,13H,3,5,7H2,(H,14,15). The molecule has 250 valence electrons. The molecule has 3 atom stereocenters. The van der Waals surface area contributed by atoms with E-state index in [9.17, 15) is 14.7 Å². The summed E-state index contributed by atoms with van der Waals surface area (Å²) in [6, 6.07) is 30.9. The number of aromatic nitrogens is 2. The molecule has 0 bridgehead atoms. The van der Waals surface area contributed by atoms with Gasteiger partial charge >= 0.3 is 11.9 Å². The van der Waals surface area contributed by atoms with Crippen LogP contribution in [0.4, 0.5) is 0 Å². The van der Waals surface area contributed by atoms with Crippen molar-refractivity contribution in [1.82, 2.24) is 9.97 Å². The molecule has 0 saturated heterocycles. The summed E-state index contributed by atoms with van der Waals surface area (Å²) >= 11 is 0. The molecular weight excluding hydrogens is 588 g/mol. The molecule has 0 amide bonds. The predicted octanol–water partition coefficient (Wildman–Crippen LogP) is 8.91. The number of aliphatic hydroxyl groups excluding tert-OH is 1. The lowest BCUT2D eigenvalue weighted by Crippen LogP contribution is -2.41. The third-order valence-electron chi connectivity index (χ3n) is 9.37. The normalized spacial score (nSPS) is 17.7. The number of hydrogen-bond acceptors (Lipinski definition) is 3. The Bertz CT molecular complexity index is 1550. The Morgan fingerprint density at radius 1 is 0.723 bits per heavy atom. The van der Waals surface area contributed by atoms with Crippen LogP contribution in [0.25, 0.3) is 21.8 Å². The number of fused-ring (bicyclic) bond motifs is 2. The van der Waals surface area contributed by atoms with Gasteiger partial charge in [0.05, 0.1) is 6.10 Å². The first kappa shape index (κ1) is 35.5. The van der Waals surface area contributed by atoms with Gasteiger partial charge in [0.1, 0.15) is 0 Å².